The highest BCUT2D eigenvalue weighted by Crippen LogP contribution is 2.32. The molecule has 8 heteroatoms. The Labute approximate surface area is 170 Å². The minimum atomic E-state index is -4.39. The van der Waals surface area contributed by atoms with Crippen molar-refractivity contribution in [3.05, 3.63) is 72.2 Å². The van der Waals surface area contributed by atoms with E-state index < -0.39 is 11.7 Å². The largest absolute Gasteiger partial charge is 0.416 e. The van der Waals surface area contributed by atoms with Gasteiger partial charge in [0.25, 0.3) is 0 Å². The van der Waals surface area contributed by atoms with Gasteiger partial charge in [0.05, 0.1) is 23.5 Å². The first-order valence-electron chi connectivity index (χ1n) is 9.33. The molecule has 154 valence electrons. The molecule has 0 aliphatic carbocycles. The minimum Gasteiger partial charge on any atom is -0.359 e. The van der Waals surface area contributed by atoms with E-state index in [0.717, 1.165) is 34.2 Å². The number of hydrogen-bond donors (Lipinski definition) is 2. The number of carbonyl (C=O) groups excluding carboxylic acids is 1. The summed E-state index contributed by atoms with van der Waals surface area (Å²) in [6.07, 6.45) is 0.824. The fourth-order valence-corrected chi connectivity index (χ4v) is 3.42. The molecule has 30 heavy (non-hydrogen) atoms. The first kappa shape index (κ1) is 19.8. The van der Waals surface area contributed by atoms with Crippen molar-refractivity contribution in [3.8, 4) is 11.1 Å². The third-order valence-electron chi connectivity index (χ3n) is 5.02. The molecule has 2 aromatic carbocycles. The summed E-state index contributed by atoms with van der Waals surface area (Å²) in [6, 6.07) is 10.7. The quantitative estimate of drug-likeness (QED) is 0.457. The van der Waals surface area contributed by atoms with E-state index >= 15 is 0 Å². The molecule has 0 unspecified atom stereocenters. The summed E-state index contributed by atoms with van der Waals surface area (Å²) in [6.45, 7) is 3.25. The SMILES string of the molecule is CC(=O)Nc1c[nH]c2ccc(-c3cnn([C@@H](C)c4cccc(C(F)(F)F)c4)c3)cc12. The zero-order valence-electron chi connectivity index (χ0n) is 16.3. The van der Waals surface area contributed by atoms with Crippen molar-refractivity contribution in [2.45, 2.75) is 26.1 Å². The van der Waals surface area contributed by atoms with Crippen molar-refractivity contribution in [2.75, 3.05) is 5.32 Å². The molecule has 0 saturated heterocycles. The van der Waals surface area contributed by atoms with Gasteiger partial charge in [-0.1, -0.05) is 18.2 Å². The topological polar surface area (TPSA) is 62.7 Å². The van der Waals surface area contributed by atoms with Crippen molar-refractivity contribution >= 4 is 22.5 Å². The maximum absolute atomic E-state index is 13.0. The van der Waals surface area contributed by atoms with E-state index in [1.54, 1.807) is 36.3 Å². The molecule has 4 aromatic rings. The van der Waals surface area contributed by atoms with Gasteiger partial charge in [-0.05, 0) is 42.3 Å². The van der Waals surface area contributed by atoms with E-state index in [1.165, 1.54) is 13.0 Å². The van der Waals surface area contributed by atoms with Gasteiger partial charge in [-0.3, -0.25) is 9.48 Å². The summed E-state index contributed by atoms with van der Waals surface area (Å²) in [7, 11) is 0. The number of anilines is 1. The lowest BCUT2D eigenvalue weighted by atomic mass is 10.0. The third kappa shape index (κ3) is 3.80. The van der Waals surface area contributed by atoms with Gasteiger partial charge in [0.2, 0.25) is 5.91 Å². The number of carbonyl (C=O) groups is 1. The molecule has 0 spiro atoms. The summed E-state index contributed by atoms with van der Waals surface area (Å²) in [4.78, 5) is 14.5. The normalized spacial score (nSPS) is 12.8. The molecule has 0 fully saturated rings. The van der Waals surface area contributed by atoms with Gasteiger partial charge in [0.1, 0.15) is 0 Å². The first-order valence-corrected chi connectivity index (χ1v) is 9.33. The number of halogens is 3. The third-order valence-corrected chi connectivity index (χ3v) is 5.02. The number of fused-ring (bicyclic) bond motifs is 1. The number of aromatic amines is 1. The lowest BCUT2D eigenvalue weighted by Crippen LogP contribution is -2.10. The highest BCUT2D eigenvalue weighted by Gasteiger charge is 2.30. The van der Waals surface area contributed by atoms with Crippen LogP contribution in [0.2, 0.25) is 0 Å². The molecule has 0 saturated carbocycles. The van der Waals surface area contributed by atoms with Crippen LogP contribution in [0.15, 0.2) is 61.1 Å². The number of hydrogen-bond acceptors (Lipinski definition) is 2. The zero-order chi connectivity index (χ0) is 21.5. The van der Waals surface area contributed by atoms with Gasteiger partial charge in [-0.25, -0.2) is 0 Å². The van der Waals surface area contributed by atoms with Crippen molar-refractivity contribution in [2.24, 2.45) is 0 Å². The number of alkyl halides is 3. The fourth-order valence-electron chi connectivity index (χ4n) is 3.42. The Morgan fingerprint density at radius 3 is 2.70 bits per heavy atom. The Morgan fingerprint density at radius 1 is 1.17 bits per heavy atom. The van der Waals surface area contributed by atoms with Gasteiger partial charge in [-0.2, -0.15) is 18.3 Å². The van der Waals surface area contributed by atoms with Crippen LogP contribution in [0.25, 0.3) is 22.0 Å². The van der Waals surface area contributed by atoms with E-state index in [9.17, 15) is 18.0 Å². The Hall–Kier alpha value is -3.55. The van der Waals surface area contributed by atoms with Gasteiger partial charge in [-0.15, -0.1) is 0 Å². The molecule has 0 radical (unpaired) electrons. The summed E-state index contributed by atoms with van der Waals surface area (Å²) in [5.41, 5.74) is 3.12. The van der Waals surface area contributed by atoms with E-state index in [1.807, 2.05) is 18.2 Å². The number of rotatable bonds is 4. The second-order valence-corrected chi connectivity index (χ2v) is 7.15. The predicted octanol–water partition coefficient (Wildman–Crippen LogP) is 5.62. The van der Waals surface area contributed by atoms with Crippen LogP contribution < -0.4 is 5.32 Å². The second-order valence-electron chi connectivity index (χ2n) is 7.15. The highest BCUT2D eigenvalue weighted by atomic mass is 19.4. The Kier molecular flexibility index (Phi) is 4.85. The van der Waals surface area contributed by atoms with Crippen LogP contribution in [0.4, 0.5) is 18.9 Å². The molecular weight excluding hydrogens is 393 g/mol. The van der Waals surface area contributed by atoms with Gasteiger partial charge >= 0.3 is 6.18 Å². The standard InChI is InChI=1S/C22H19F3N4O/c1-13(15-4-3-5-18(8-15)22(23,24)25)29-12-17(10-27-29)16-6-7-20-19(9-16)21(11-26-20)28-14(2)30/h3-13,26H,1-2H3,(H,28,30)/t13-/m0/s1. The maximum atomic E-state index is 13.0. The summed E-state index contributed by atoms with van der Waals surface area (Å²) in [5.74, 6) is -0.163. The first-order chi connectivity index (χ1) is 14.2. The van der Waals surface area contributed by atoms with E-state index in [4.69, 9.17) is 0 Å². The second kappa shape index (κ2) is 7.37. The lowest BCUT2D eigenvalue weighted by molar-refractivity contribution is -0.137. The number of nitrogens with zero attached hydrogens (tertiary/aromatic N) is 2. The maximum Gasteiger partial charge on any atom is 0.416 e. The smallest absolute Gasteiger partial charge is 0.359 e. The monoisotopic (exact) mass is 412 g/mol. The number of aromatic nitrogens is 3. The average molecular weight is 412 g/mol. The molecule has 2 N–H and O–H groups in total. The Morgan fingerprint density at radius 2 is 1.97 bits per heavy atom. The molecule has 0 aliphatic rings. The Balaban J connectivity index is 1.65. The van der Waals surface area contributed by atoms with Crippen LogP contribution in [-0.2, 0) is 11.0 Å². The number of benzene rings is 2. The molecule has 1 amide bonds. The van der Waals surface area contributed by atoms with Crippen LogP contribution in [0.3, 0.4) is 0 Å². The molecule has 5 nitrogen and oxygen atoms in total. The van der Waals surface area contributed by atoms with Crippen LogP contribution in [0, 0.1) is 0 Å². The van der Waals surface area contributed by atoms with Gasteiger partial charge < -0.3 is 10.3 Å². The molecule has 2 aromatic heterocycles. The number of nitrogens with one attached hydrogen (secondary N) is 2. The molecule has 0 aliphatic heterocycles. The van der Waals surface area contributed by atoms with Crippen molar-refractivity contribution in [3.63, 3.8) is 0 Å². The van der Waals surface area contributed by atoms with Crippen molar-refractivity contribution < 1.29 is 18.0 Å². The van der Waals surface area contributed by atoms with Crippen LogP contribution in [0.5, 0.6) is 0 Å². The number of amides is 1. The minimum absolute atomic E-state index is 0.163. The highest BCUT2D eigenvalue weighted by molar-refractivity contribution is 6.02. The molecular formula is C22H19F3N4O. The van der Waals surface area contributed by atoms with Crippen molar-refractivity contribution in [1.29, 1.82) is 0 Å². The molecule has 0 bridgehead atoms. The number of H-pyrrole nitrogens is 1. The van der Waals surface area contributed by atoms with Gasteiger partial charge in [0.15, 0.2) is 0 Å². The van der Waals surface area contributed by atoms with Crippen LogP contribution >= 0.6 is 0 Å². The summed E-state index contributed by atoms with van der Waals surface area (Å²) >= 11 is 0. The lowest BCUT2D eigenvalue weighted by Gasteiger charge is -2.15. The molecule has 1 atom stereocenters. The van der Waals surface area contributed by atoms with Gasteiger partial charge in [0, 0.05) is 35.8 Å². The zero-order valence-corrected chi connectivity index (χ0v) is 16.3. The van der Waals surface area contributed by atoms with Crippen LogP contribution in [0.1, 0.15) is 31.0 Å². The van der Waals surface area contributed by atoms with Crippen LogP contribution in [-0.4, -0.2) is 20.7 Å². The summed E-state index contributed by atoms with van der Waals surface area (Å²) < 4.78 is 40.7. The summed E-state index contributed by atoms with van der Waals surface area (Å²) in [5, 5.41) is 8.01. The molecule has 4 rings (SSSR count). The van der Waals surface area contributed by atoms with E-state index in [-0.39, 0.29) is 11.9 Å². The predicted molar refractivity (Wildman–Crippen MR) is 109 cm³/mol. The van der Waals surface area contributed by atoms with Crippen molar-refractivity contribution in [1.82, 2.24) is 14.8 Å². The van der Waals surface area contributed by atoms with E-state index in [0.29, 0.717) is 11.3 Å². The average Bonchev–Trinajstić information content (AvgIpc) is 3.34. The molecule has 2 heterocycles. The Bertz CT molecular complexity index is 1220. The van der Waals surface area contributed by atoms with E-state index in [2.05, 4.69) is 15.4 Å². The fraction of sp³-hybridized carbons (Fsp3) is 0.182.